The van der Waals surface area contributed by atoms with E-state index in [0.29, 0.717) is 0 Å². The number of hydrogen-bond donors (Lipinski definition) is 1. The van der Waals surface area contributed by atoms with Gasteiger partial charge in [0.25, 0.3) is 0 Å². The number of rotatable bonds is 7. The molecule has 0 saturated carbocycles. The van der Waals surface area contributed by atoms with E-state index in [-0.39, 0.29) is 21.8 Å². The minimum absolute atomic E-state index is 0.0522. The third-order valence-electron chi connectivity index (χ3n) is 3.74. The van der Waals surface area contributed by atoms with Crippen LogP contribution in [0.25, 0.3) is 0 Å². The van der Waals surface area contributed by atoms with Crippen LogP contribution in [-0.2, 0) is 14.8 Å². The highest BCUT2D eigenvalue weighted by atomic mass is 32.2. The molecule has 27 heavy (non-hydrogen) atoms. The van der Waals surface area contributed by atoms with Crippen LogP contribution in [0.3, 0.4) is 0 Å². The van der Waals surface area contributed by atoms with Gasteiger partial charge in [0.1, 0.15) is 16.5 Å². The molecular formula is C18H18FNO6S. The minimum Gasteiger partial charge on any atom is -0.495 e. The lowest BCUT2D eigenvalue weighted by Gasteiger charge is -2.14. The lowest BCUT2D eigenvalue weighted by molar-refractivity contribution is 0.0318. The van der Waals surface area contributed by atoms with E-state index in [1.165, 1.54) is 45.3 Å². The summed E-state index contributed by atoms with van der Waals surface area (Å²) in [5.74, 6) is -1.84. The Hall–Kier alpha value is -2.78. The van der Waals surface area contributed by atoms with E-state index >= 15 is 0 Å². The molecule has 9 heteroatoms. The van der Waals surface area contributed by atoms with E-state index < -0.39 is 33.7 Å². The van der Waals surface area contributed by atoms with Gasteiger partial charge in [-0.05, 0) is 56.4 Å². The van der Waals surface area contributed by atoms with Crippen molar-refractivity contribution in [1.82, 2.24) is 4.72 Å². The van der Waals surface area contributed by atoms with Crippen molar-refractivity contribution in [1.29, 1.82) is 0 Å². The first-order valence-electron chi connectivity index (χ1n) is 7.82. The third kappa shape index (κ3) is 4.69. The maximum atomic E-state index is 12.9. The van der Waals surface area contributed by atoms with E-state index in [4.69, 9.17) is 9.47 Å². The van der Waals surface area contributed by atoms with Crippen molar-refractivity contribution >= 4 is 21.8 Å². The van der Waals surface area contributed by atoms with Gasteiger partial charge in [-0.3, -0.25) is 4.79 Å². The van der Waals surface area contributed by atoms with Crippen molar-refractivity contribution in [3.8, 4) is 5.75 Å². The van der Waals surface area contributed by atoms with Crippen molar-refractivity contribution < 1.29 is 31.9 Å². The molecule has 1 atom stereocenters. The lowest BCUT2D eigenvalue weighted by atomic mass is 10.1. The van der Waals surface area contributed by atoms with Crippen molar-refractivity contribution in [3.05, 3.63) is 59.4 Å². The number of halogens is 1. The van der Waals surface area contributed by atoms with E-state index in [1.807, 2.05) is 0 Å². The van der Waals surface area contributed by atoms with Crippen LogP contribution in [0, 0.1) is 5.82 Å². The van der Waals surface area contributed by atoms with E-state index in [1.54, 1.807) is 0 Å². The number of Topliss-reactive ketones (excluding diaryl/α,β-unsaturated/α-hetero) is 1. The Kier molecular flexibility index (Phi) is 6.29. The highest BCUT2D eigenvalue weighted by molar-refractivity contribution is 7.89. The Bertz CT molecular complexity index is 956. The van der Waals surface area contributed by atoms with Gasteiger partial charge < -0.3 is 9.47 Å². The number of hydrogen-bond acceptors (Lipinski definition) is 6. The molecule has 2 rings (SSSR count). The molecule has 0 amide bonds. The van der Waals surface area contributed by atoms with E-state index in [9.17, 15) is 22.4 Å². The lowest BCUT2D eigenvalue weighted by Crippen LogP contribution is -2.25. The number of methoxy groups -OCH3 is 1. The van der Waals surface area contributed by atoms with Crippen molar-refractivity contribution in [2.24, 2.45) is 0 Å². The SMILES string of the molecule is CNS(=O)(=O)c1cc(C(=O)OC(C)C(=O)c2ccc(F)cc2)ccc1OC. The number of sulfonamides is 1. The number of benzene rings is 2. The molecule has 2 aromatic rings. The fraction of sp³-hybridized carbons (Fsp3) is 0.222. The van der Waals surface area contributed by atoms with Gasteiger partial charge in [-0.15, -0.1) is 0 Å². The number of carbonyl (C=O) groups is 2. The van der Waals surface area contributed by atoms with Crippen LogP contribution >= 0.6 is 0 Å². The second-order valence-corrected chi connectivity index (χ2v) is 7.35. The number of nitrogens with one attached hydrogen (secondary N) is 1. The Balaban J connectivity index is 2.23. The Labute approximate surface area is 156 Å². The largest absolute Gasteiger partial charge is 0.495 e. The molecule has 1 N–H and O–H groups in total. The second-order valence-electron chi connectivity index (χ2n) is 5.49. The van der Waals surface area contributed by atoms with Crippen LogP contribution in [0.4, 0.5) is 4.39 Å². The van der Waals surface area contributed by atoms with Crippen molar-refractivity contribution in [2.75, 3.05) is 14.2 Å². The molecule has 0 aliphatic heterocycles. The molecule has 0 saturated heterocycles. The number of carbonyl (C=O) groups excluding carboxylic acids is 2. The topological polar surface area (TPSA) is 98.8 Å². The Morgan fingerprint density at radius 3 is 2.22 bits per heavy atom. The fourth-order valence-corrected chi connectivity index (χ4v) is 3.17. The Morgan fingerprint density at radius 1 is 1.07 bits per heavy atom. The first-order chi connectivity index (χ1) is 12.7. The molecule has 0 fully saturated rings. The normalized spacial score (nSPS) is 12.3. The predicted molar refractivity (Wildman–Crippen MR) is 94.8 cm³/mol. The highest BCUT2D eigenvalue weighted by Gasteiger charge is 2.24. The zero-order valence-electron chi connectivity index (χ0n) is 14.9. The maximum Gasteiger partial charge on any atom is 0.338 e. The first-order valence-corrected chi connectivity index (χ1v) is 9.30. The molecular weight excluding hydrogens is 377 g/mol. The van der Waals surface area contributed by atoms with E-state index in [0.717, 1.165) is 18.2 Å². The molecule has 0 aliphatic rings. The molecule has 1 unspecified atom stereocenters. The van der Waals surface area contributed by atoms with Crippen LogP contribution in [0.15, 0.2) is 47.4 Å². The molecule has 2 aromatic carbocycles. The van der Waals surface area contributed by atoms with Gasteiger partial charge in [0.2, 0.25) is 15.8 Å². The van der Waals surface area contributed by atoms with Crippen LogP contribution in [0.5, 0.6) is 5.75 Å². The van der Waals surface area contributed by atoms with Gasteiger partial charge in [0.15, 0.2) is 6.10 Å². The van der Waals surface area contributed by atoms with Crippen LogP contribution in [0.2, 0.25) is 0 Å². The predicted octanol–water partition coefficient (Wildman–Crippen LogP) is 2.17. The summed E-state index contributed by atoms with van der Waals surface area (Å²) in [6, 6.07) is 8.56. The molecule has 7 nitrogen and oxygen atoms in total. The molecule has 0 radical (unpaired) electrons. The zero-order chi connectivity index (χ0) is 20.2. The highest BCUT2D eigenvalue weighted by Crippen LogP contribution is 2.25. The van der Waals surface area contributed by atoms with Crippen molar-refractivity contribution in [2.45, 2.75) is 17.9 Å². The third-order valence-corrected chi connectivity index (χ3v) is 5.17. The summed E-state index contributed by atoms with van der Waals surface area (Å²) in [7, 11) is -1.35. The summed E-state index contributed by atoms with van der Waals surface area (Å²) in [6.45, 7) is 1.37. The van der Waals surface area contributed by atoms with Gasteiger partial charge in [0, 0.05) is 5.56 Å². The molecule has 0 bridgehead atoms. The number of ether oxygens (including phenoxy) is 2. The van der Waals surface area contributed by atoms with Crippen LogP contribution < -0.4 is 9.46 Å². The zero-order valence-corrected chi connectivity index (χ0v) is 15.7. The molecule has 0 aromatic heterocycles. The molecule has 0 spiro atoms. The van der Waals surface area contributed by atoms with E-state index in [2.05, 4.69) is 4.72 Å². The van der Waals surface area contributed by atoms with Crippen LogP contribution in [-0.4, -0.2) is 40.4 Å². The molecule has 0 heterocycles. The minimum atomic E-state index is -3.87. The summed E-state index contributed by atoms with van der Waals surface area (Å²) < 4.78 is 49.3. The second kappa shape index (κ2) is 8.28. The molecule has 0 aliphatic carbocycles. The van der Waals surface area contributed by atoms with Gasteiger partial charge in [0.05, 0.1) is 12.7 Å². The van der Waals surface area contributed by atoms with Gasteiger partial charge in [-0.25, -0.2) is 22.3 Å². The number of esters is 1. The van der Waals surface area contributed by atoms with Gasteiger partial charge in [-0.1, -0.05) is 0 Å². The van der Waals surface area contributed by atoms with Gasteiger partial charge in [-0.2, -0.15) is 0 Å². The quantitative estimate of drug-likeness (QED) is 0.570. The fourth-order valence-electron chi connectivity index (χ4n) is 2.25. The van der Waals surface area contributed by atoms with Gasteiger partial charge >= 0.3 is 5.97 Å². The standard InChI is InChI=1S/C18H18FNO6S/c1-11(17(21)12-4-7-14(19)8-5-12)26-18(22)13-6-9-15(25-3)16(10-13)27(23,24)20-2/h4-11,20H,1-3H3. The summed E-state index contributed by atoms with van der Waals surface area (Å²) >= 11 is 0. The summed E-state index contributed by atoms with van der Waals surface area (Å²) in [6.07, 6.45) is -1.14. The monoisotopic (exact) mass is 395 g/mol. The average Bonchev–Trinajstić information content (AvgIpc) is 2.67. The average molecular weight is 395 g/mol. The summed E-state index contributed by atoms with van der Waals surface area (Å²) in [4.78, 5) is 24.4. The maximum absolute atomic E-state index is 12.9. The number of ketones is 1. The summed E-state index contributed by atoms with van der Waals surface area (Å²) in [5, 5.41) is 0. The Morgan fingerprint density at radius 2 is 1.67 bits per heavy atom. The molecule has 144 valence electrons. The first kappa shape index (κ1) is 20.5. The van der Waals surface area contributed by atoms with Crippen molar-refractivity contribution in [3.63, 3.8) is 0 Å². The summed E-state index contributed by atoms with van der Waals surface area (Å²) in [5.41, 5.74) is 0.119. The smallest absolute Gasteiger partial charge is 0.338 e. The van der Waals surface area contributed by atoms with Crippen LogP contribution in [0.1, 0.15) is 27.6 Å².